The molecule has 11 heteroatoms. The van der Waals surface area contributed by atoms with Crippen molar-refractivity contribution in [3.8, 4) is 0 Å². The molecule has 0 aliphatic carbocycles. The number of carbonyl (C=O) groups is 3. The van der Waals surface area contributed by atoms with Crippen molar-refractivity contribution >= 4 is 46.4 Å². The fraction of sp³-hybridized carbons (Fsp3) is 0.278. The second kappa shape index (κ2) is 9.27. The Morgan fingerprint density at radius 1 is 1.24 bits per heavy atom. The molecule has 29 heavy (non-hydrogen) atoms. The molecule has 0 unspecified atom stereocenters. The molecule has 1 aromatic heterocycles. The Morgan fingerprint density at radius 2 is 1.93 bits per heavy atom. The van der Waals surface area contributed by atoms with Crippen LogP contribution in [0.4, 0.5) is 18.9 Å². The Morgan fingerprint density at radius 3 is 2.52 bits per heavy atom. The molecule has 0 fully saturated rings. The van der Waals surface area contributed by atoms with Gasteiger partial charge in [0.2, 0.25) is 5.91 Å². The van der Waals surface area contributed by atoms with Crippen LogP contribution in [0.3, 0.4) is 0 Å². The number of nitrogens with zero attached hydrogens (tertiary/aromatic N) is 1. The first-order chi connectivity index (χ1) is 13.5. The normalized spacial score (nSPS) is 11.1. The summed E-state index contributed by atoms with van der Waals surface area (Å²) in [6.45, 7) is 0.712. The molecule has 156 valence electrons. The van der Waals surface area contributed by atoms with E-state index in [9.17, 15) is 27.6 Å². The molecule has 0 spiro atoms. The molecule has 2 amide bonds. The van der Waals surface area contributed by atoms with E-state index >= 15 is 0 Å². The minimum atomic E-state index is -4.67. The lowest BCUT2D eigenvalue weighted by molar-refractivity contribution is -0.137. The van der Waals surface area contributed by atoms with Gasteiger partial charge >= 0.3 is 12.1 Å². The van der Waals surface area contributed by atoms with Crippen molar-refractivity contribution in [2.24, 2.45) is 0 Å². The molecule has 0 atom stereocenters. The van der Waals surface area contributed by atoms with Crippen molar-refractivity contribution in [2.75, 3.05) is 25.5 Å². The molecular weight excluding hydrogens is 433 g/mol. The summed E-state index contributed by atoms with van der Waals surface area (Å²) in [5, 5.41) is 3.48. The van der Waals surface area contributed by atoms with Crippen molar-refractivity contribution in [2.45, 2.75) is 13.1 Å². The molecule has 1 heterocycles. The van der Waals surface area contributed by atoms with E-state index in [1.54, 1.807) is 18.4 Å². The molecule has 0 saturated heterocycles. The van der Waals surface area contributed by atoms with E-state index in [0.29, 0.717) is 10.9 Å². The van der Waals surface area contributed by atoms with Gasteiger partial charge in [-0.2, -0.15) is 13.2 Å². The number of benzene rings is 1. The SMILES string of the molecule is Cc1ccsc1C(=O)OCC(=O)N(C)CC(=O)Nc1ccc(Cl)c(C(F)(F)F)c1. The van der Waals surface area contributed by atoms with Gasteiger partial charge in [0.1, 0.15) is 4.88 Å². The quantitative estimate of drug-likeness (QED) is 0.678. The van der Waals surface area contributed by atoms with E-state index in [2.05, 4.69) is 5.32 Å². The molecule has 0 aliphatic heterocycles. The van der Waals surface area contributed by atoms with Gasteiger partial charge in [-0.1, -0.05) is 11.6 Å². The lowest BCUT2D eigenvalue weighted by Crippen LogP contribution is -2.37. The summed E-state index contributed by atoms with van der Waals surface area (Å²) in [4.78, 5) is 37.3. The lowest BCUT2D eigenvalue weighted by atomic mass is 10.2. The molecule has 1 N–H and O–H groups in total. The Bertz CT molecular complexity index is 930. The van der Waals surface area contributed by atoms with Gasteiger partial charge in [-0.05, 0) is 42.1 Å². The van der Waals surface area contributed by atoms with Crippen molar-refractivity contribution in [3.05, 3.63) is 50.7 Å². The molecule has 0 saturated carbocycles. The fourth-order valence-corrected chi connectivity index (χ4v) is 3.25. The van der Waals surface area contributed by atoms with Crippen molar-refractivity contribution in [1.29, 1.82) is 0 Å². The number of thiophene rings is 1. The zero-order chi connectivity index (χ0) is 21.8. The Hall–Kier alpha value is -2.59. The number of ether oxygens (including phenoxy) is 1. The number of halogens is 4. The fourth-order valence-electron chi connectivity index (χ4n) is 2.21. The van der Waals surface area contributed by atoms with Crippen LogP contribution in [0.5, 0.6) is 0 Å². The third-order valence-electron chi connectivity index (χ3n) is 3.74. The van der Waals surface area contributed by atoms with E-state index < -0.39 is 47.7 Å². The smallest absolute Gasteiger partial charge is 0.417 e. The topological polar surface area (TPSA) is 75.7 Å². The summed E-state index contributed by atoms with van der Waals surface area (Å²) in [6.07, 6.45) is -4.67. The summed E-state index contributed by atoms with van der Waals surface area (Å²) < 4.78 is 43.5. The third kappa shape index (κ3) is 6.20. The van der Waals surface area contributed by atoms with Crippen molar-refractivity contribution in [1.82, 2.24) is 4.90 Å². The Kier molecular flexibility index (Phi) is 7.26. The minimum Gasteiger partial charge on any atom is -0.451 e. The molecule has 0 radical (unpaired) electrons. The van der Waals surface area contributed by atoms with Crippen molar-refractivity contribution < 1.29 is 32.3 Å². The number of nitrogens with one attached hydrogen (secondary N) is 1. The molecule has 1 aromatic carbocycles. The summed E-state index contributed by atoms with van der Waals surface area (Å²) in [5.41, 5.74) is -0.481. The van der Waals surface area contributed by atoms with Crippen LogP contribution in [0.15, 0.2) is 29.6 Å². The minimum absolute atomic E-state index is 0.118. The van der Waals surface area contributed by atoms with Gasteiger partial charge in [0.05, 0.1) is 17.1 Å². The second-order valence-electron chi connectivity index (χ2n) is 6.00. The summed E-state index contributed by atoms with van der Waals surface area (Å²) in [6, 6.07) is 4.66. The number of hydrogen-bond acceptors (Lipinski definition) is 5. The highest BCUT2D eigenvalue weighted by Gasteiger charge is 2.33. The predicted octanol–water partition coefficient (Wildman–Crippen LogP) is 3.98. The van der Waals surface area contributed by atoms with E-state index in [0.717, 1.165) is 16.5 Å². The lowest BCUT2D eigenvalue weighted by Gasteiger charge is -2.17. The monoisotopic (exact) mass is 448 g/mol. The maximum absolute atomic E-state index is 12.9. The highest BCUT2D eigenvalue weighted by molar-refractivity contribution is 7.12. The number of amides is 2. The van der Waals surface area contributed by atoms with Crippen LogP contribution in [-0.4, -0.2) is 42.9 Å². The molecular formula is C18H16ClF3N2O4S. The Labute approximate surface area is 173 Å². The van der Waals surface area contributed by atoms with E-state index in [1.165, 1.54) is 24.5 Å². The van der Waals surface area contributed by atoms with Gasteiger partial charge < -0.3 is 15.0 Å². The maximum atomic E-state index is 12.9. The number of carbonyl (C=O) groups excluding carboxylic acids is 3. The van der Waals surface area contributed by atoms with Crippen LogP contribution >= 0.6 is 22.9 Å². The number of esters is 1. The average Bonchev–Trinajstić information content (AvgIpc) is 3.06. The van der Waals surface area contributed by atoms with E-state index in [4.69, 9.17) is 16.3 Å². The van der Waals surface area contributed by atoms with Crippen LogP contribution in [0, 0.1) is 6.92 Å². The average molecular weight is 449 g/mol. The van der Waals surface area contributed by atoms with Gasteiger partial charge in [0, 0.05) is 12.7 Å². The van der Waals surface area contributed by atoms with Gasteiger partial charge in [0.25, 0.3) is 5.91 Å². The standard InChI is InChI=1S/C18H16ClF3N2O4S/c1-10-5-6-29-16(10)17(27)28-9-15(26)24(2)8-14(25)23-11-3-4-13(19)12(7-11)18(20,21)22/h3-7H,8-9H2,1-2H3,(H,23,25). The second-order valence-corrected chi connectivity index (χ2v) is 7.32. The highest BCUT2D eigenvalue weighted by Crippen LogP contribution is 2.36. The summed E-state index contributed by atoms with van der Waals surface area (Å²) in [5.74, 6) is -2.02. The highest BCUT2D eigenvalue weighted by atomic mass is 35.5. The number of alkyl halides is 3. The molecule has 2 aromatic rings. The first kappa shape index (κ1) is 22.7. The van der Waals surface area contributed by atoms with Crippen molar-refractivity contribution in [3.63, 3.8) is 0 Å². The summed E-state index contributed by atoms with van der Waals surface area (Å²) in [7, 11) is 1.30. The van der Waals surface area contributed by atoms with Gasteiger partial charge in [-0.15, -0.1) is 11.3 Å². The number of hydrogen-bond donors (Lipinski definition) is 1. The number of rotatable bonds is 6. The van der Waals surface area contributed by atoms with Crippen LogP contribution < -0.4 is 5.32 Å². The molecule has 2 rings (SSSR count). The Balaban J connectivity index is 1.89. The molecule has 0 aliphatic rings. The van der Waals surface area contributed by atoms with Gasteiger partial charge in [-0.3, -0.25) is 9.59 Å². The first-order valence-corrected chi connectivity index (χ1v) is 9.36. The predicted molar refractivity (Wildman–Crippen MR) is 102 cm³/mol. The van der Waals surface area contributed by atoms with Crippen LogP contribution in [0.1, 0.15) is 20.8 Å². The number of anilines is 1. The number of likely N-dealkylation sites (N-methyl/N-ethyl adjacent to an activating group) is 1. The maximum Gasteiger partial charge on any atom is 0.417 e. The zero-order valence-electron chi connectivity index (χ0n) is 15.3. The largest absolute Gasteiger partial charge is 0.451 e. The zero-order valence-corrected chi connectivity index (χ0v) is 16.9. The molecule has 6 nitrogen and oxygen atoms in total. The van der Waals surface area contributed by atoms with E-state index in [-0.39, 0.29) is 5.69 Å². The number of aryl methyl sites for hydroxylation is 1. The van der Waals surface area contributed by atoms with Gasteiger partial charge in [0.15, 0.2) is 6.61 Å². The van der Waals surface area contributed by atoms with E-state index in [1.807, 2.05) is 0 Å². The van der Waals surface area contributed by atoms with Crippen LogP contribution in [0.25, 0.3) is 0 Å². The third-order valence-corrected chi connectivity index (χ3v) is 5.06. The summed E-state index contributed by atoms with van der Waals surface area (Å²) >= 11 is 6.70. The van der Waals surface area contributed by atoms with Crippen LogP contribution in [-0.2, 0) is 20.5 Å². The first-order valence-electron chi connectivity index (χ1n) is 8.11. The molecule has 0 bridgehead atoms. The van der Waals surface area contributed by atoms with Gasteiger partial charge in [-0.25, -0.2) is 4.79 Å². The van der Waals surface area contributed by atoms with Crippen LogP contribution in [0.2, 0.25) is 5.02 Å².